The maximum absolute atomic E-state index is 11.6. The number of fused-ring (bicyclic) bond motifs is 1. The molecule has 2 heterocycles. The third-order valence-corrected chi connectivity index (χ3v) is 4.33. The van der Waals surface area contributed by atoms with Crippen molar-refractivity contribution < 1.29 is 9.53 Å². The summed E-state index contributed by atoms with van der Waals surface area (Å²) in [4.78, 5) is 20.1. The van der Waals surface area contributed by atoms with Crippen molar-refractivity contribution in [1.29, 1.82) is 0 Å². The Hall–Kier alpha value is -2.48. The lowest BCUT2D eigenvalue weighted by Gasteiger charge is -2.07. The number of methoxy groups -OCH3 is 1. The monoisotopic (exact) mass is 329 g/mol. The number of aromatic nitrogens is 5. The van der Waals surface area contributed by atoms with Crippen LogP contribution in [-0.2, 0) is 16.1 Å². The lowest BCUT2D eigenvalue weighted by atomic mass is 10.2. The van der Waals surface area contributed by atoms with Crippen LogP contribution in [0.25, 0.3) is 11.2 Å². The summed E-state index contributed by atoms with van der Waals surface area (Å²) in [6.07, 6.45) is 1.46. The molecule has 0 bridgehead atoms. The zero-order valence-corrected chi connectivity index (χ0v) is 13.5. The summed E-state index contributed by atoms with van der Waals surface area (Å²) in [5.74, 6) is -0.307. The van der Waals surface area contributed by atoms with Crippen LogP contribution in [-0.4, -0.2) is 43.3 Å². The van der Waals surface area contributed by atoms with Gasteiger partial charge in [0, 0.05) is 0 Å². The molecule has 118 valence electrons. The molecule has 1 unspecified atom stereocenters. The first-order valence-electron chi connectivity index (χ1n) is 7.01. The molecule has 7 nitrogen and oxygen atoms in total. The molecule has 23 heavy (non-hydrogen) atoms. The van der Waals surface area contributed by atoms with Gasteiger partial charge in [-0.05, 0) is 12.5 Å². The predicted octanol–water partition coefficient (Wildman–Crippen LogP) is 1.92. The van der Waals surface area contributed by atoms with Gasteiger partial charge in [-0.25, -0.2) is 14.6 Å². The van der Waals surface area contributed by atoms with Crippen molar-refractivity contribution in [2.75, 3.05) is 7.11 Å². The summed E-state index contributed by atoms with van der Waals surface area (Å²) >= 11 is 1.28. The van der Waals surface area contributed by atoms with Crippen LogP contribution in [0.3, 0.4) is 0 Å². The van der Waals surface area contributed by atoms with E-state index in [1.807, 2.05) is 30.3 Å². The molecule has 2 aromatic heterocycles. The number of hydrogen-bond acceptors (Lipinski definition) is 7. The number of nitrogens with zero attached hydrogens (tertiary/aromatic N) is 5. The van der Waals surface area contributed by atoms with Crippen molar-refractivity contribution >= 4 is 28.9 Å². The van der Waals surface area contributed by atoms with Gasteiger partial charge in [0.2, 0.25) is 0 Å². The third kappa shape index (κ3) is 3.31. The molecule has 0 aliphatic carbocycles. The number of rotatable bonds is 5. The second kappa shape index (κ2) is 6.74. The second-order valence-electron chi connectivity index (χ2n) is 4.87. The number of ether oxygens (including phenoxy) is 1. The average Bonchev–Trinajstić information content (AvgIpc) is 2.99. The minimum absolute atomic E-state index is 0.307. The number of esters is 1. The van der Waals surface area contributed by atoms with Gasteiger partial charge in [-0.2, -0.15) is 0 Å². The summed E-state index contributed by atoms with van der Waals surface area (Å²) in [5.41, 5.74) is 2.34. The SMILES string of the molecule is COC(=O)C(C)Sc1ncnc2c1nnn2Cc1ccccc1. The van der Waals surface area contributed by atoms with Gasteiger partial charge < -0.3 is 4.74 Å². The predicted molar refractivity (Wildman–Crippen MR) is 86.0 cm³/mol. The molecule has 0 aliphatic heterocycles. The number of thioether (sulfide) groups is 1. The van der Waals surface area contributed by atoms with Gasteiger partial charge in [-0.15, -0.1) is 5.10 Å². The topological polar surface area (TPSA) is 82.8 Å². The van der Waals surface area contributed by atoms with Crippen LogP contribution in [0.5, 0.6) is 0 Å². The molecule has 0 N–H and O–H groups in total. The molecule has 0 saturated carbocycles. The molecule has 1 aromatic carbocycles. The third-order valence-electron chi connectivity index (χ3n) is 3.26. The summed E-state index contributed by atoms with van der Waals surface area (Å²) in [6.45, 7) is 2.34. The Balaban J connectivity index is 1.90. The molecule has 0 spiro atoms. The minimum atomic E-state index is -0.377. The van der Waals surface area contributed by atoms with E-state index in [0.717, 1.165) is 5.56 Å². The number of hydrogen-bond donors (Lipinski definition) is 0. The lowest BCUT2D eigenvalue weighted by Crippen LogP contribution is -2.14. The van der Waals surface area contributed by atoms with Gasteiger partial charge in [0.15, 0.2) is 11.2 Å². The highest BCUT2D eigenvalue weighted by Crippen LogP contribution is 2.27. The molecule has 0 saturated heterocycles. The van der Waals surface area contributed by atoms with Crippen LogP contribution in [0.1, 0.15) is 12.5 Å². The van der Waals surface area contributed by atoms with E-state index in [1.54, 1.807) is 11.6 Å². The Bertz CT molecular complexity index is 821. The van der Waals surface area contributed by atoms with Crippen LogP contribution in [0.4, 0.5) is 0 Å². The van der Waals surface area contributed by atoms with Crippen molar-refractivity contribution in [2.45, 2.75) is 23.7 Å². The largest absolute Gasteiger partial charge is 0.468 e. The summed E-state index contributed by atoms with van der Waals surface area (Å²) in [7, 11) is 1.37. The maximum Gasteiger partial charge on any atom is 0.318 e. The smallest absolute Gasteiger partial charge is 0.318 e. The van der Waals surface area contributed by atoms with Gasteiger partial charge in [-0.1, -0.05) is 47.3 Å². The summed E-state index contributed by atoms with van der Waals surface area (Å²) in [5, 5.41) is 8.57. The second-order valence-corrected chi connectivity index (χ2v) is 6.20. The Morgan fingerprint density at radius 3 is 2.83 bits per heavy atom. The van der Waals surface area contributed by atoms with E-state index >= 15 is 0 Å². The molecule has 8 heteroatoms. The molecule has 0 fully saturated rings. The van der Waals surface area contributed by atoms with Crippen molar-refractivity contribution in [1.82, 2.24) is 25.0 Å². The van der Waals surface area contributed by atoms with E-state index in [0.29, 0.717) is 22.7 Å². The quantitative estimate of drug-likeness (QED) is 0.402. The minimum Gasteiger partial charge on any atom is -0.468 e. The van der Waals surface area contributed by atoms with E-state index in [-0.39, 0.29) is 11.2 Å². The van der Waals surface area contributed by atoms with Gasteiger partial charge in [0.25, 0.3) is 0 Å². The van der Waals surface area contributed by atoms with Crippen LogP contribution in [0.15, 0.2) is 41.7 Å². The molecule has 3 aromatic rings. The van der Waals surface area contributed by atoms with Crippen molar-refractivity contribution in [2.24, 2.45) is 0 Å². The Labute approximate surface area is 137 Å². The van der Waals surface area contributed by atoms with Gasteiger partial charge in [0.05, 0.1) is 13.7 Å². The van der Waals surface area contributed by atoms with E-state index in [9.17, 15) is 4.79 Å². The molecule has 3 rings (SSSR count). The lowest BCUT2D eigenvalue weighted by molar-refractivity contribution is -0.139. The Morgan fingerprint density at radius 1 is 1.30 bits per heavy atom. The molecular formula is C15H15N5O2S. The Morgan fingerprint density at radius 2 is 2.09 bits per heavy atom. The maximum atomic E-state index is 11.6. The number of carbonyl (C=O) groups is 1. The first-order valence-corrected chi connectivity index (χ1v) is 7.89. The normalized spacial score (nSPS) is 12.3. The fourth-order valence-electron chi connectivity index (χ4n) is 2.10. The summed E-state index contributed by atoms with van der Waals surface area (Å²) in [6, 6.07) is 9.95. The summed E-state index contributed by atoms with van der Waals surface area (Å²) < 4.78 is 6.46. The van der Waals surface area contributed by atoms with E-state index in [2.05, 4.69) is 20.3 Å². The fourth-order valence-corrected chi connectivity index (χ4v) is 2.98. The first kappa shape index (κ1) is 15.4. The first-order chi connectivity index (χ1) is 11.2. The highest BCUT2D eigenvalue weighted by atomic mass is 32.2. The zero-order valence-electron chi connectivity index (χ0n) is 12.7. The van der Waals surface area contributed by atoms with Crippen molar-refractivity contribution in [3.63, 3.8) is 0 Å². The van der Waals surface area contributed by atoms with E-state index < -0.39 is 0 Å². The highest BCUT2D eigenvalue weighted by Gasteiger charge is 2.19. The number of benzene rings is 1. The highest BCUT2D eigenvalue weighted by molar-refractivity contribution is 8.00. The number of carbonyl (C=O) groups excluding carboxylic acids is 1. The van der Waals surface area contributed by atoms with E-state index in [1.165, 1.54) is 25.2 Å². The average molecular weight is 329 g/mol. The molecule has 0 amide bonds. The van der Waals surface area contributed by atoms with Crippen LogP contribution < -0.4 is 0 Å². The van der Waals surface area contributed by atoms with Crippen molar-refractivity contribution in [3.8, 4) is 0 Å². The van der Waals surface area contributed by atoms with E-state index in [4.69, 9.17) is 4.74 Å². The van der Waals surface area contributed by atoms with Crippen molar-refractivity contribution in [3.05, 3.63) is 42.2 Å². The van der Waals surface area contributed by atoms with Crippen LogP contribution in [0, 0.1) is 0 Å². The van der Waals surface area contributed by atoms with Crippen LogP contribution in [0.2, 0.25) is 0 Å². The van der Waals surface area contributed by atoms with Gasteiger partial charge in [-0.3, -0.25) is 4.79 Å². The molecule has 0 aliphatic rings. The fraction of sp³-hybridized carbons (Fsp3) is 0.267. The Kier molecular flexibility index (Phi) is 4.52. The molecule has 1 atom stereocenters. The van der Waals surface area contributed by atoms with Crippen LogP contribution >= 0.6 is 11.8 Å². The van der Waals surface area contributed by atoms with Gasteiger partial charge in [0.1, 0.15) is 16.6 Å². The van der Waals surface area contributed by atoms with Gasteiger partial charge >= 0.3 is 5.97 Å². The zero-order chi connectivity index (χ0) is 16.2. The standard InChI is InChI=1S/C15H15N5O2S/c1-10(15(21)22-2)23-14-12-13(16-9-17-14)20(19-18-12)8-11-6-4-3-5-7-11/h3-7,9-10H,8H2,1-2H3. The molecule has 0 radical (unpaired) electrons. The molecular weight excluding hydrogens is 314 g/mol.